The minimum absolute atomic E-state index is 0.0279. The number of rotatable bonds is 24. The molecule has 0 atom stereocenters. The number of halogens is 4. The lowest BCUT2D eigenvalue weighted by molar-refractivity contribution is 0.0680. The van der Waals surface area contributed by atoms with Crippen molar-refractivity contribution in [1.29, 1.82) is 21.6 Å². The molecule has 0 aliphatic carbocycles. The standard InChI is InChI=1S/C24H24ClN5O3.C24H24ClN5O2S.C24H24ClN5O2.C23H22ClN5O2/c2*1-29-21(20(15-27-29)24(32)28-19-8-6-18(25)7-9-19)14-22(31)16-2-4-17(5-3-16)23(26)30-10-12-33-13-11-30;1-29-21(20(15-27-29)24(32)28-19-10-8-18(25)9-11-19)14-22(31)16-4-6-17(7-5-16)23(26)30-12-2-3-13-30;1-28-20(19(14-26-28)23(31)27-18-9-7-17(24)8-10-18)13-21(30)15-3-5-16(6-4-15)22(25)29-11-2-12-29/h2*2-9,15,26H,10-14H2,1H3,(H,28,32);4-11,15,26H,2-3,12-14H2,1H3,(H,28,32);3-10,14,25H,2,11-13H2,1H3,(H,27,31). The molecular formula is C95H94Cl4N20O9S. The highest BCUT2D eigenvalue weighted by molar-refractivity contribution is 7.99. The summed E-state index contributed by atoms with van der Waals surface area (Å²) in [4.78, 5) is 111. The van der Waals surface area contributed by atoms with E-state index in [9.17, 15) is 38.4 Å². The van der Waals surface area contributed by atoms with Gasteiger partial charge in [-0.05, 0) is 116 Å². The van der Waals surface area contributed by atoms with Crippen molar-refractivity contribution in [1.82, 2.24) is 58.7 Å². The number of amides is 4. The van der Waals surface area contributed by atoms with Crippen molar-refractivity contribution in [3.8, 4) is 0 Å². The molecule has 29 nitrogen and oxygen atoms in total. The lowest BCUT2D eigenvalue weighted by Crippen LogP contribution is -2.42. The van der Waals surface area contributed by atoms with E-state index < -0.39 is 0 Å². The molecule has 4 saturated heterocycles. The fourth-order valence-electron chi connectivity index (χ4n) is 14.4. The van der Waals surface area contributed by atoms with E-state index in [4.69, 9.17) is 72.8 Å². The van der Waals surface area contributed by atoms with Crippen LogP contribution in [0.25, 0.3) is 0 Å². The van der Waals surface area contributed by atoms with E-state index in [0.29, 0.717) is 160 Å². The maximum absolute atomic E-state index is 13.0. The number of amidine groups is 4. The Morgan fingerprint density at radius 3 is 0.736 bits per heavy atom. The predicted octanol–water partition coefficient (Wildman–Crippen LogP) is 15.5. The van der Waals surface area contributed by atoms with E-state index in [0.717, 1.165) is 92.3 Å². The molecule has 0 saturated carbocycles. The minimum atomic E-state index is -0.345. The number of ether oxygens (including phenoxy) is 1. The number of anilines is 4. The second kappa shape index (κ2) is 43.8. The van der Waals surface area contributed by atoms with Crippen LogP contribution in [0.15, 0.2) is 219 Å². The molecule has 0 radical (unpaired) electrons. The largest absolute Gasteiger partial charge is 0.378 e. The van der Waals surface area contributed by atoms with Crippen LogP contribution in [-0.4, -0.2) is 206 Å². The Morgan fingerprint density at radius 1 is 0.302 bits per heavy atom. The second-order valence-electron chi connectivity index (χ2n) is 30.7. The van der Waals surface area contributed by atoms with Crippen molar-refractivity contribution < 1.29 is 43.1 Å². The first-order valence-electron chi connectivity index (χ1n) is 41.5. The van der Waals surface area contributed by atoms with E-state index in [1.165, 1.54) is 29.5 Å². The minimum Gasteiger partial charge on any atom is -0.378 e. The van der Waals surface area contributed by atoms with Crippen LogP contribution in [0.3, 0.4) is 0 Å². The number of ketones is 4. The maximum atomic E-state index is 13.0. The summed E-state index contributed by atoms with van der Waals surface area (Å²) in [5, 5.41) is 63.6. The van der Waals surface area contributed by atoms with Gasteiger partial charge in [-0.3, -0.25) is 78.7 Å². The van der Waals surface area contributed by atoms with Gasteiger partial charge in [0.2, 0.25) is 0 Å². The third kappa shape index (κ3) is 24.4. The van der Waals surface area contributed by atoms with E-state index in [1.807, 2.05) is 45.8 Å². The first-order valence-corrected chi connectivity index (χ1v) is 44.2. The lowest BCUT2D eigenvalue weighted by Gasteiger charge is -2.33. The van der Waals surface area contributed by atoms with Gasteiger partial charge in [-0.2, -0.15) is 32.2 Å². The fraction of sp³-hybridized carbons (Fsp3) is 0.242. The smallest absolute Gasteiger partial charge is 0.259 e. The third-order valence-electron chi connectivity index (χ3n) is 22.1. The summed E-state index contributed by atoms with van der Waals surface area (Å²) < 4.78 is 11.5. The summed E-state index contributed by atoms with van der Waals surface area (Å²) in [7, 11) is 6.83. The Labute approximate surface area is 769 Å². The van der Waals surface area contributed by atoms with Crippen molar-refractivity contribution in [2.24, 2.45) is 28.2 Å². The van der Waals surface area contributed by atoms with Gasteiger partial charge in [0.1, 0.15) is 23.3 Å². The highest BCUT2D eigenvalue weighted by atomic mass is 35.5. The highest BCUT2D eigenvalue weighted by Gasteiger charge is 2.28. The summed E-state index contributed by atoms with van der Waals surface area (Å²) in [6.07, 6.45) is 9.34. The summed E-state index contributed by atoms with van der Waals surface area (Å²) >= 11 is 25.5. The van der Waals surface area contributed by atoms with Crippen molar-refractivity contribution in [2.45, 2.75) is 44.9 Å². The molecule has 8 heterocycles. The van der Waals surface area contributed by atoms with Crippen LogP contribution < -0.4 is 21.3 Å². The number of benzene rings is 8. The number of nitrogens with one attached hydrogen (secondary N) is 8. The Morgan fingerprint density at radius 2 is 0.512 bits per heavy atom. The number of likely N-dealkylation sites (tertiary alicyclic amines) is 2. The number of aromatic nitrogens is 8. The van der Waals surface area contributed by atoms with Gasteiger partial charge in [0.25, 0.3) is 23.6 Å². The van der Waals surface area contributed by atoms with Gasteiger partial charge in [0.05, 0.1) is 109 Å². The van der Waals surface area contributed by atoms with Crippen molar-refractivity contribution in [3.05, 3.63) is 329 Å². The number of nitrogens with zero attached hydrogens (tertiary/aromatic N) is 12. The van der Waals surface area contributed by atoms with Crippen LogP contribution in [0.4, 0.5) is 22.7 Å². The molecule has 4 fully saturated rings. The lowest BCUT2D eigenvalue weighted by atomic mass is 10.0. The molecule has 0 unspecified atom stereocenters. The zero-order chi connectivity index (χ0) is 91.4. The molecule has 0 spiro atoms. The van der Waals surface area contributed by atoms with Crippen molar-refractivity contribution in [3.63, 3.8) is 0 Å². The average Bonchev–Trinajstić information content (AvgIpc) is 1.44. The maximum Gasteiger partial charge on any atom is 0.259 e. The Balaban J connectivity index is 0.000000147. The molecule has 4 aliphatic rings. The Bertz CT molecular complexity index is 5910. The summed E-state index contributed by atoms with van der Waals surface area (Å²) in [6.45, 7) is 7.93. The van der Waals surface area contributed by atoms with Crippen molar-refractivity contribution in [2.75, 3.05) is 98.3 Å². The molecular weight excluding hydrogens is 1740 g/mol. The molecule has 129 heavy (non-hydrogen) atoms. The first kappa shape index (κ1) is 93.2. The van der Waals surface area contributed by atoms with Crippen LogP contribution in [0.2, 0.25) is 20.1 Å². The SMILES string of the molecule is Cn1ncc(C(=O)Nc2ccc(Cl)cc2)c1CC(=O)c1ccc(C(=N)N2CCC2)cc1.Cn1ncc(C(=O)Nc2ccc(Cl)cc2)c1CC(=O)c1ccc(C(=N)N2CCCC2)cc1.Cn1ncc(C(=O)Nc2ccc(Cl)cc2)c1CC(=O)c1ccc(C(=N)N2CCOCC2)cc1.Cn1ncc(C(=O)Nc2ccc(Cl)cc2)c1CC(=O)c1ccc(C(=N)N2CCSCC2)cc1. The van der Waals surface area contributed by atoms with Gasteiger partial charge in [-0.15, -0.1) is 0 Å². The van der Waals surface area contributed by atoms with E-state index >= 15 is 0 Å². The van der Waals surface area contributed by atoms with Crippen LogP contribution in [-0.2, 0) is 58.6 Å². The van der Waals surface area contributed by atoms with E-state index in [1.54, 1.807) is 212 Å². The summed E-state index contributed by atoms with van der Waals surface area (Å²) in [6, 6.07) is 55.5. The van der Waals surface area contributed by atoms with E-state index in [2.05, 4.69) is 51.5 Å². The number of carbonyl (C=O) groups excluding carboxylic acids is 8. The summed E-state index contributed by atoms with van der Waals surface area (Å²) in [5.41, 5.74) is 11.2. The number of hydrogen-bond acceptors (Lipinski definition) is 18. The van der Waals surface area contributed by atoms with Gasteiger partial charge in [-0.1, -0.05) is 143 Å². The Hall–Kier alpha value is -13.5. The zero-order valence-corrected chi connectivity index (χ0v) is 75.0. The molecule has 12 aromatic rings. The molecule has 4 aliphatic heterocycles. The van der Waals surface area contributed by atoms with Gasteiger partial charge >= 0.3 is 0 Å². The molecule has 4 aromatic heterocycles. The number of hydrogen-bond donors (Lipinski definition) is 8. The molecule has 662 valence electrons. The van der Waals surface area contributed by atoms with Gasteiger partial charge in [0, 0.05) is 179 Å². The number of carbonyl (C=O) groups is 8. The number of Topliss-reactive ketones (excluding diaryl/α,β-unsaturated/α-hetero) is 4. The molecule has 8 aromatic carbocycles. The Kier molecular flexibility index (Phi) is 31.6. The number of thioether (sulfide) groups is 1. The van der Waals surface area contributed by atoms with Crippen LogP contribution in [0.1, 0.15) is 147 Å². The van der Waals surface area contributed by atoms with Gasteiger partial charge in [-0.25, -0.2) is 0 Å². The topological polar surface area (TPSA) is 374 Å². The molecule has 16 rings (SSSR count). The normalized spacial score (nSPS) is 13.3. The molecule has 8 N–H and O–H groups in total. The zero-order valence-electron chi connectivity index (χ0n) is 71.2. The second-order valence-corrected chi connectivity index (χ2v) is 33.7. The quantitative estimate of drug-likeness (QED) is 0.0158. The predicted molar refractivity (Wildman–Crippen MR) is 504 cm³/mol. The van der Waals surface area contributed by atoms with Crippen LogP contribution in [0.5, 0.6) is 0 Å². The van der Waals surface area contributed by atoms with Gasteiger partial charge in [0.15, 0.2) is 23.1 Å². The number of morpholine rings is 1. The van der Waals surface area contributed by atoms with Crippen LogP contribution >= 0.6 is 58.2 Å². The first-order chi connectivity index (χ1) is 62.2. The van der Waals surface area contributed by atoms with Crippen molar-refractivity contribution >= 4 is 151 Å². The summed E-state index contributed by atoms with van der Waals surface area (Å²) in [5.74, 6) is 2.09. The molecule has 4 amide bonds. The van der Waals surface area contributed by atoms with E-state index in [-0.39, 0.29) is 72.4 Å². The average molecular weight is 1830 g/mol. The monoisotopic (exact) mass is 1830 g/mol. The van der Waals surface area contributed by atoms with Crippen LogP contribution in [0, 0.1) is 21.6 Å². The number of aryl methyl sites for hydroxylation is 4. The molecule has 34 heteroatoms. The molecule has 0 bridgehead atoms. The third-order valence-corrected chi connectivity index (χ3v) is 24.1. The highest BCUT2D eigenvalue weighted by Crippen LogP contribution is 2.27. The fourth-order valence-corrected chi connectivity index (χ4v) is 15.8. The van der Waals surface area contributed by atoms with Gasteiger partial charge < -0.3 is 45.6 Å².